The highest BCUT2D eigenvalue weighted by Crippen LogP contribution is 2.25. The first-order valence-corrected chi connectivity index (χ1v) is 11.2. The molecule has 0 bridgehead atoms. The van der Waals surface area contributed by atoms with Crippen molar-refractivity contribution >= 4 is 50.6 Å². The molecule has 0 saturated carbocycles. The van der Waals surface area contributed by atoms with E-state index in [1.807, 2.05) is 58.7 Å². The van der Waals surface area contributed by atoms with Gasteiger partial charge in [0.15, 0.2) is 0 Å². The Hall–Kier alpha value is -4.17. The lowest BCUT2D eigenvalue weighted by Gasteiger charge is -2.08. The SMILES string of the molecule is Cc1cn2cc(Cn3cc4c(NCc5ccc6c(N)nc(Cl)cc6c5)nccc4n3)ccc2n1. The molecule has 168 valence electrons. The third-order valence-electron chi connectivity index (χ3n) is 5.81. The van der Waals surface area contributed by atoms with Gasteiger partial charge in [0.1, 0.15) is 22.4 Å². The first-order chi connectivity index (χ1) is 16.5. The van der Waals surface area contributed by atoms with E-state index in [4.69, 9.17) is 22.4 Å². The molecule has 6 rings (SSSR count). The highest BCUT2D eigenvalue weighted by atomic mass is 35.5. The number of nitrogen functional groups attached to an aromatic ring is 1. The number of anilines is 2. The van der Waals surface area contributed by atoms with Crippen molar-refractivity contribution in [1.29, 1.82) is 0 Å². The number of rotatable bonds is 5. The van der Waals surface area contributed by atoms with E-state index < -0.39 is 0 Å². The fraction of sp³-hybridized carbons (Fsp3) is 0.120. The van der Waals surface area contributed by atoms with Gasteiger partial charge in [-0.05, 0) is 47.7 Å². The highest BCUT2D eigenvalue weighted by Gasteiger charge is 2.09. The van der Waals surface area contributed by atoms with Gasteiger partial charge in [-0.2, -0.15) is 5.10 Å². The maximum absolute atomic E-state index is 6.07. The second kappa shape index (κ2) is 8.00. The second-order valence-corrected chi connectivity index (χ2v) is 8.73. The minimum absolute atomic E-state index is 0.385. The second-order valence-electron chi connectivity index (χ2n) is 8.34. The summed E-state index contributed by atoms with van der Waals surface area (Å²) in [5.41, 5.74) is 11.0. The average Bonchev–Trinajstić information content (AvgIpc) is 3.39. The number of halogens is 1. The largest absolute Gasteiger partial charge is 0.383 e. The Morgan fingerprint density at radius 1 is 0.971 bits per heavy atom. The number of nitrogens with two attached hydrogens (primary N) is 1. The van der Waals surface area contributed by atoms with Crippen molar-refractivity contribution in [2.75, 3.05) is 11.1 Å². The molecular weight excluding hydrogens is 448 g/mol. The normalized spacial score (nSPS) is 11.6. The number of hydrogen-bond acceptors (Lipinski definition) is 6. The molecule has 6 aromatic rings. The highest BCUT2D eigenvalue weighted by molar-refractivity contribution is 6.30. The number of nitrogens with one attached hydrogen (secondary N) is 1. The van der Waals surface area contributed by atoms with Gasteiger partial charge in [-0.25, -0.2) is 15.0 Å². The summed E-state index contributed by atoms with van der Waals surface area (Å²) in [6.07, 6.45) is 7.92. The van der Waals surface area contributed by atoms with Crippen LogP contribution in [0.1, 0.15) is 16.8 Å². The third kappa shape index (κ3) is 3.78. The van der Waals surface area contributed by atoms with Crippen LogP contribution in [0.15, 0.2) is 67.3 Å². The summed E-state index contributed by atoms with van der Waals surface area (Å²) in [5, 5.41) is 11.4. The maximum atomic E-state index is 6.07. The van der Waals surface area contributed by atoms with Gasteiger partial charge in [-0.15, -0.1) is 0 Å². The summed E-state index contributed by atoms with van der Waals surface area (Å²) in [6, 6.07) is 13.9. The Morgan fingerprint density at radius 2 is 1.85 bits per heavy atom. The number of aromatic nitrogens is 6. The Kier molecular flexibility index (Phi) is 4.81. The Bertz CT molecular complexity index is 1680. The topological polar surface area (TPSA) is 99.0 Å². The molecule has 0 radical (unpaired) electrons. The lowest BCUT2D eigenvalue weighted by atomic mass is 10.1. The van der Waals surface area contributed by atoms with Crippen molar-refractivity contribution in [2.24, 2.45) is 0 Å². The number of pyridine rings is 3. The van der Waals surface area contributed by atoms with Crippen molar-refractivity contribution in [3.63, 3.8) is 0 Å². The zero-order valence-corrected chi connectivity index (χ0v) is 19.2. The molecule has 0 atom stereocenters. The molecule has 0 aliphatic heterocycles. The molecule has 8 nitrogen and oxygen atoms in total. The Morgan fingerprint density at radius 3 is 2.76 bits per heavy atom. The molecule has 0 aliphatic rings. The lowest BCUT2D eigenvalue weighted by molar-refractivity contribution is 0.693. The smallest absolute Gasteiger partial charge is 0.137 e. The van der Waals surface area contributed by atoms with Gasteiger partial charge >= 0.3 is 0 Å². The van der Waals surface area contributed by atoms with Crippen molar-refractivity contribution in [1.82, 2.24) is 29.1 Å². The lowest BCUT2D eigenvalue weighted by Crippen LogP contribution is -2.02. The Balaban J connectivity index is 1.25. The van der Waals surface area contributed by atoms with E-state index in [2.05, 4.69) is 38.6 Å². The standard InChI is InChI=1S/C25H21ClN8/c1-15-11-33-12-17(3-5-23(33)30-15)13-34-14-20-21(32-34)6-7-28-25(20)29-10-16-2-4-19-18(8-16)9-22(26)31-24(19)27/h2-9,11-12,14H,10,13H2,1H3,(H2,27,31)(H,28,29). The number of fused-ring (bicyclic) bond motifs is 3. The average molecular weight is 469 g/mol. The summed E-state index contributed by atoms with van der Waals surface area (Å²) in [6.45, 7) is 3.25. The number of benzene rings is 1. The molecule has 0 spiro atoms. The van der Waals surface area contributed by atoms with Gasteiger partial charge in [0.25, 0.3) is 0 Å². The molecule has 0 saturated heterocycles. The van der Waals surface area contributed by atoms with Gasteiger partial charge in [0.05, 0.1) is 23.1 Å². The van der Waals surface area contributed by atoms with E-state index in [0.717, 1.165) is 50.0 Å². The monoisotopic (exact) mass is 468 g/mol. The minimum Gasteiger partial charge on any atom is -0.383 e. The van der Waals surface area contributed by atoms with Gasteiger partial charge in [0.2, 0.25) is 0 Å². The molecular formula is C25H21ClN8. The molecule has 0 fully saturated rings. The number of nitrogens with zero attached hydrogens (tertiary/aromatic N) is 6. The van der Waals surface area contributed by atoms with Crippen LogP contribution in [0.5, 0.6) is 0 Å². The van der Waals surface area contributed by atoms with E-state index >= 15 is 0 Å². The predicted octanol–water partition coefficient (Wildman–Crippen LogP) is 4.83. The van der Waals surface area contributed by atoms with Crippen LogP contribution in [-0.4, -0.2) is 29.1 Å². The quantitative estimate of drug-likeness (QED) is 0.351. The summed E-state index contributed by atoms with van der Waals surface area (Å²) in [7, 11) is 0. The predicted molar refractivity (Wildman–Crippen MR) is 135 cm³/mol. The zero-order valence-electron chi connectivity index (χ0n) is 18.4. The minimum atomic E-state index is 0.385. The van der Waals surface area contributed by atoms with Crippen molar-refractivity contribution in [3.05, 3.63) is 89.2 Å². The van der Waals surface area contributed by atoms with Crippen LogP contribution in [0.4, 0.5) is 11.6 Å². The van der Waals surface area contributed by atoms with Crippen LogP contribution in [0.25, 0.3) is 27.3 Å². The van der Waals surface area contributed by atoms with Crippen molar-refractivity contribution in [2.45, 2.75) is 20.0 Å². The number of imidazole rings is 1. The summed E-state index contributed by atoms with van der Waals surface area (Å²) >= 11 is 6.07. The molecule has 34 heavy (non-hydrogen) atoms. The fourth-order valence-electron chi connectivity index (χ4n) is 4.26. The van der Waals surface area contributed by atoms with Crippen LogP contribution in [0.2, 0.25) is 5.15 Å². The van der Waals surface area contributed by atoms with E-state index in [1.54, 1.807) is 6.20 Å². The third-order valence-corrected chi connectivity index (χ3v) is 6.01. The number of aryl methyl sites for hydroxylation is 1. The van der Waals surface area contributed by atoms with Crippen LogP contribution in [0.3, 0.4) is 0 Å². The zero-order chi connectivity index (χ0) is 23.2. The van der Waals surface area contributed by atoms with Crippen molar-refractivity contribution in [3.8, 4) is 0 Å². The molecule has 5 heterocycles. The van der Waals surface area contributed by atoms with Crippen LogP contribution in [-0.2, 0) is 13.1 Å². The molecule has 0 aliphatic carbocycles. The van der Waals surface area contributed by atoms with Crippen LogP contribution in [0, 0.1) is 6.92 Å². The molecule has 9 heteroatoms. The molecule has 3 N–H and O–H groups in total. The van der Waals surface area contributed by atoms with E-state index in [1.165, 1.54) is 0 Å². The first-order valence-electron chi connectivity index (χ1n) is 10.9. The van der Waals surface area contributed by atoms with E-state index in [-0.39, 0.29) is 0 Å². The fourth-order valence-corrected chi connectivity index (χ4v) is 4.47. The van der Waals surface area contributed by atoms with Crippen molar-refractivity contribution < 1.29 is 0 Å². The molecule has 1 aromatic carbocycles. The summed E-state index contributed by atoms with van der Waals surface area (Å²) in [5.74, 6) is 1.22. The number of hydrogen-bond donors (Lipinski definition) is 2. The Labute approximate surface area is 200 Å². The van der Waals surface area contributed by atoms with E-state index in [9.17, 15) is 0 Å². The maximum Gasteiger partial charge on any atom is 0.137 e. The first kappa shape index (κ1) is 20.4. The summed E-state index contributed by atoms with van der Waals surface area (Å²) in [4.78, 5) is 13.1. The van der Waals surface area contributed by atoms with Gasteiger partial charge < -0.3 is 15.5 Å². The van der Waals surface area contributed by atoms with E-state index in [0.29, 0.717) is 24.1 Å². The van der Waals surface area contributed by atoms with Gasteiger partial charge in [-0.3, -0.25) is 4.68 Å². The van der Waals surface area contributed by atoms with Gasteiger partial charge in [0, 0.05) is 36.7 Å². The van der Waals surface area contributed by atoms with Gasteiger partial charge in [-0.1, -0.05) is 29.8 Å². The molecule has 0 unspecified atom stereocenters. The van der Waals surface area contributed by atoms with Crippen LogP contribution < -0.4 is 11.1 Å². The molecule has 5 aromatic heterocycles. The molecule has 0 amide bonds. The summed E-state index contributed by atoms with van der Waals surface area (Å²) < 4.78 is 3.99. The van der Waals surface area contributed by atoms with Crippen LogP contribution >= 0.6 is 11.6 Å².